The number of ether oxygens (including phenoxy) is 1. The Kier molecular flexibility index (Phi) is 5.20. The van der Waals surface area contributed by atoms with Crippen LogP contribution < -0.4 is 5.73 Å². The smallest absolute Gasteiger partial charge is 0.307 e. The normalized spacial score (nSPS) is 13.7. The van der Waals surface area contributed by atoms with E-state index in [9.17, 15) is 9.59 Å². The van der Waals surface area contributed by atoms with E-state index in [1.54, 1.807) is 26.0 Å². The van der Waals surface area contributed by atoms with Crippen LogP contribution in [0.15, 0.2) is 18.2 Å². The van der Waals surface area contributed by atoms with Gasteiger partial charge in [0.15, 0.2) is 0 Å². The number of esters is 1. The molecule has 1 atom stereocenters. The van der Waals surface area contributed by atoms with Crippen LogP contribution in [0.2, 0.25) is 10.0 Å². The summed E-state index contributed by atoms with van der Waals surface area (Å²) in [6.45, 7) is 3.51. The van der Waals surface area contributed by atoms with Gasteiger partial charge in [0.25, 0.3) is 0 Å². The molecule has 0 radical (unpaired) electrons. The molecule has 4 nitrogen and oxygen atoms in total. The summed E-state index contributed by atoms with van der Waals surface area (Å²) in [5.41, 5.74) is 4.76. The minimum Gasteiger partial charge on any atom is -0.466 e. The van der Waals surface area contributed by atoms with Crippen LogP contribution >= 0.6 is 23.2 Å². The Morgan fingerprint density at radius 1 is 1.32 bits per heavy atom. The highest BCUT2D eigenvalue weighted by Crippen LogP contribution is 2.32. The van der Waals surface area contributed by atoms with Gasteiger partial charge in [-0.15, -0.1) is 0 Å². The molecule has 0 bridgehead atoms. The number of hydrogen-bond acceptors (Lipinski definition) is 3. The quantitative estimate of drug-likeness (QED) is 0.850. The van der Waals surface area contributed by atoms with E-state index in [2.05, 4.69) is 0 Å². The van der Waals surface area contributed by atoms with Crippen molar-refractivity contribution in [3.63, 3.8) is 0 Å². The molecule has 0 aliphatic heterocycles. The third kappa shape index (κ3) is 3.61. The first-order valence-corrected chi connectivity index (χ1v) is 6.48. The third-order valence-corrected chi connectivity index (χ3v) is 3.64. The second-order valence-electron chi connectivity index (χ2n) is 4.31. The van der Waals surface area contributed by atoms with Gasteiger partial charge in [0.05, 0.1) is 28.5 Å². The van der Waals surface area contributed by atoms with Crippen LogP contribution in [0.4, 0.5) is 0 Å². The van der Waals surface area contributed by atoms with E-state index in [-0.39, 0.29) is 13.0 Å². The van der Waals surface area contributed by atoms with Gasteiger partial charge in [-0.2, -0.15) is 0 Å². The number of primary amides is 1. The zero-order valence-corrected chi connectivity index (χ0v) is 12.2. The van der Waals surface area contributed by atoms with Crippen LogP contribution in [0.3, 0.4) is 0 Å². The van der Waals surface area contributed by atoms with Crippen LogP contribution in [0, 0.1) is 0 Å². The van der Waals surface area contributed by atoms with Crippen LogP contribution in [0.1, 0.15) is 25.8 Å². The number of rotatable bonds is 5. The molecule has 0 aliphatic carbocycles. The molecule has 1 rings (SSSR count). The van der Waals surface area contributed by atoms with Crippen LogP contribution in [0.5, 0.6) is 0 Å². The molecule has 19 heavy (non-hydrogen) atoms. The Morgan fingerprint density at radius 2 is 1.95 bits per heavy atom. The first-order valence-electron chi connectivity index (χ1n) is 5.72. The zero-order chi connectivity index (χ0) is 14.6. The van der Waals surface area contributed by atoms with Crippen molar-refractivity contribution in [3.05, 3.63) is 33.8 Å². The van der Waals surface area contributed by atoms with Gasteiger partial charge in [-0.25, -0.2) is 0 Å². The lowest BCUT2D eigenvalue weighted by atomic mass is 9.79. The van der Waals surface area contributed by atoms with E-state index >= 15 is 0 Å². The monoisotopic (exact) mass is 303 g/mol. The van der Waals surface area contributed by atoms with Crippen molar-refractivity contribution < 1.29 is 14.3 Å². The Balaban J connectivity index is 3.14. The van der Waals surface area contributed by atoms with E-state index in [1.165, 1.54) is 6.07 Å². The minimum atomic E-state index is -1.18. The molecule has 0 saturated carbocycles. The summed E-state index contributed by atoms with van der Waals surface area (Å²) in [5, 5.41) is 0.670. The fourth-order valence-corrected chi connectivity index (χ4v) is 1.97. The van der Waals surface area contributed by atoms with Gasteiger partial charge in [0.1, 0.15) is 0 Å². The molecular weight excluding hydrogens is 289 g/mol. The van der Waals surface area contributed by atoms with E-state index < -0.39 is 17.3 Å². The summed E-state index contributed by atoms with van der Waals surface area (Å²) in [6.07, 6.45) is -0.145. The third-order valence-electron chi connectivity index (χ3n) is 2.90. The highest BCUT2D eigenvalue weighted by atomic mass is 35.5. The SMILES string of the molecule is CCOC(=O)C[C@](C)(C(N)=O)c1ccc(Cl)c(Cl)c1. The fourth-order valence-electron chi connectivity index (χ4n) is 1.67. The molecule has 0 fully saturated rings. The molecule has 0 aliphatic rings. The van der Waals surface area contributed by atoms with E-state index in [1.807, 2.05) is 0 Å². The zero-order valence-electron chi connectivity index (χ0n) is 10.7. The Labute approximate surface area is 121 Å². The number of nitrogens with two attached hydrogens (primary N) is 1. The molecule has 104 valence electrons. The number of halogens is 2. The molecule has 0 saturated heterocycles. The number of benzene rings is 1. The van der Waals surface area contributed by atoms with Gasteiger partial charge in [0.2, 0.25) is 5.91 Å². The highest BCUT2D eigenvalue weighted by molar-refractivity contribution is 6.42. The molecule has 1 aromatic rings. The first kappa shape index (κ1) is 15.8. The van der Waals surface area contributed by atoms with Gasteiger partial charge in [-0.3, -0.25) is 9.59 Å². The molecule has 0 heterocycles. The molecule has 0 aromatic heterocycles. The predicted octanol–water partition coefficient (Wildman–Crippen LogP) is 2.69. The Hall–Kier alpha value is -1.26. The molecular formula is C13H15Cl2NO3. The molecule has 1 aromatic carbocycles. The van der Waals surface area contributed by atoms with Gasteiger partial charge in [-0.1, -0.05) is 29.3 Å². The summed E-state index contributed by atoms with van der Waals surface area (Å²) < 4.78 is 4.86. The lowest BCUT2D eigenvalue weighted by Gasteiger charge is -2.25. The van der Waals surface area contributed by atoms with Crippen molar-refractivity contribution in [1.29, 1.82) is 0 Å². The molecule has 2 N–H and O–H groups in total. The van der Waals surface area contributed by atoms with Crippen molar-refractivity contribution in [3.8, 4) is 0 Å². The summed E-state index contributed by atoms with van der Waals surface area (Å²) in [5.74, 6) is -1.12. The van der Waals surface area contributed by atoms with Crippen molar-refractivity contribution in [2.75, 3.05) is 6.61 Å². The average molecular weight is 304 g/mol. The van der Waals surface area contributed by atoms with Crippen molar-refractivity contribution >= 4 is 35.1 Å². The standard InChI is InChI=1S/C13H15Cl2NO3/c1-3-19-11(17)7-13(2,12(16)18)8-4-5-9(14)10(15)6-8/h4-6H,3,7H2,1-2H3,(H2,16,18)/t13-/m0/s1. The Morgan fingerprint density at radius 3 is 2.42 bits per heavy atom. The second kappa shape index (κ2) is 6.26. The van der Waals surface area contributed by atoms with Crippen LogP contribution in [0.25, 0.3) is 0 Å². The first-order chi connectivity index (χ1) is 8.81. The van der Waals surface area contributed by atoms with E-state index in [4.69, 9.17) is 33.7 Å². The number of hydrogen-bond donors (Lipinski definition) is 1. The van der Waals surface area contributed by atoms with Gasteiger partial charge >= 0.3 is 5.97 Å². The highest BCUT2D eigenvalue weighted by Gasteiger charge is 2.36. The molecule has 6 heteroatoms. The predicted molar refractivity (Wildman–Crippen MR) is 74.3 cm³/mol. The van der Waals surface area contributed by atoms with Crippen molar-refractivity contribution in [1.82, 2.24) is 0 Å². The summed E-state index contributed by atoms with van der Waals surface area (Å²) in [4.78, 5) is 23.3. The van der Waals surface area contributed by atoms with Crippen molar-refractivity contribution in [2.24, 2.45) is 5.73 Å². The van der Waals surface area contributed by atoms with Crippen LogP contribution in [-0.4, -0.2) is 18.5 Å². The lowest BCUT2D eigenvalue weighted by Crippen LogP contribution is -2.40. The average Bonchev–Trinajstić information content (AvgIpc) is 2.32. The maximum absolute atomic E-state index is 11.7. The molecule has 0 spiro atoms. The van der Waals surface area contributed by atoms with Crippen LogP contribution in [-0.2, 0) is 19.7 Å². The largest absolute Gasteiger partial charge is 0.466 e. The van der Waals surface area contributed by atoms with Gasteiger partial charge in [0, 0.05) is 0 Å². The summed E-state index contributed by atoms with van der Waals surface area (Å²) >= 11 is 11.7. The Bertz CT molecular complexity index is 505. The summed E-state index contributed by atoms with van der Waals surface area (Å²) in [7, 11) is 0. The van der Waals surface area contributed by atoms with E-state index in [0.717, 1.165) is 0 Å². The number of amides is 1. The number of carbonyl (C=O) groups excluding carboxylic acids is 2. The van der Waals surface area contributed by atoms with Gasteiger partial charge in [-0.05, 0) is 31.5 Å². The van der Waals surface area contributed by atoms with E-state index in [0.29, 0.717) is 15.6 Å². The molecule has 0 unspecified atom stereocenters. The molecule has 1 amide bonds. The lowest BCUT2D eigenvalue weighted by molar-refractivity contribution is -0.146. The second-order valence-corrected chi connectivity index (χ2v) is 5.12. The fraction of sp³-hybridized carbons (Fsp3) is 0.385. The maximum atomic E-state index is 11.7. The minimum absolute atomic E-state index is 0.145. The topological polar surface area (TPSA) is 69.4 Å². The number of carbonyl (C=O) groups is 2. The van der Waals surface area contributed by atoms with Gasteiger partial charge < -0.3 is 10.5 Å². The van der Waals surface area contributed by atoms with Crippen molar-refractivity contribution in [2.45, 2.75) is 25.7 Å². The summed E-state index contributed by atoms with van der Waals surface area (Å²) in [6, 6.07) is 4.72. The maximum Gasteiger partial charge on any atom is 0.307 e.